The molecule has 0 aliphatic carbocycles. The maximum absolute atomic E-state index is 12.2. The lowest BCUT2D eigenvalue weighted by Gasteiger charge is -2.14. The second kappa shape index (κ2) is 7.42. The van der Waals surface area contributed by atoms with Crippen LogP contribution in [0.4, 0.5) is 5.69 Å². The molecule has 0 unspecified atom stereocenters. The normalized spacial score (nSPS) is 11.7. The van der Waals surface area contributed by atoms with E-state index in [9.17, 15) is 9.59 Å². The lowest BCUT2D eigenvalue weighted by atomic mass is 10.1. The van der Waals surface area contributed by atoms with Gasteiger partial charge in [0.25, 0.3) is 5.91 Å². The van der Waals surface area contributed by atoms with Crippen LogP contribution in [0.1, 0.15) is 28.4 Å². The summed E-state index contributed by atoms with van der Waals surface area (Å²) in [6.45, 7) is 5.29. The predicted molar refractivity (Wildman–Crippen MR) is 93.6 cm³/mol. The van der Waals surface area contributed by atoms with Crippen LogP contribution >= 0.6 is 15.9 Å². The zero-order valence-electron chi connectivity index (χ0n) is 13.2. The average Bonchev–Trinajstić information content (AvgIpc) is 2.51. The Morgan fingerprint density at radius 3 is 2.39 bits per heavy atom. The number of carbonyl (C=O) groups is 2. The third-order valence-corrected chi connectivity index (χ3v) is 3.91. The van der Waals surface area contributed by atoms with E-state index in [0.717, 1.165) is 15.6 Å². The van der Waals surface area contributed by atoms with E-state index in [0.29, 0.717) is 11.3 Å². The first kappa shape index (κ1) is 17.2. The molecule has 0 radical (unpaired) electrons. The number of esters is 1. The first-order chi connectivity index (χ1) is 10.9. The van der Waals surface area contributed by atoms with Crippen LogP contribution in [0.25, 0.3) is 0 Å². The van der Waals surface area contributed by atoms with Crippen LogP contribution in [0.5, 0.6) is 0 Å². The van der Waals surface area contributed by atoms with Gasteiger partial charge in [0, 0.05) is 10.2 Å². The van der Waals surface area contributed by atoms with Crippen molar-refractivity contribution in [3.05, 3.63) is 63.6 Å². The maximum Gasteiger partial charge on any atom is 0.339 e. The number of ether oxygens (including phenoxy) is 1. The summed E-state index contributed by atoms with van der Waals surface area (Å²) in [5, 5.41) is 2.71. The fourth-order valence-electron chi connectivity index (χ4n) is 2.01. The van der Waals surface area contributed by atoms with Gasteiger partial charge >= 0.3 is 5.97 Å². The fourth-order valence-corrected chi connectivity index (χ4v) is 2.27. The van der Waals surface area contributed by atoms with E-state index in [1.807, 2.05) is 38.1 Å². The molecule has 0 aliphatic rings. The van der Waals surface area contributed by atoms with Crippen molar-refractivity contribution in [2.24, 2.45) is 0 Å². The van der Waals surface area contributed by atoms with Crippen molar-refractivity contribution in [3.63, 3.8) is 0 Å². The number of amides is 1. The molecule has 1 N–H and O–H groups in total. The summed E-state index contributed by atoms with van der Waals surface area (Å²) in [6, 6.07) is 12.7. The van der Waals surface area contributed by atoms with Crippen LogP contribution in [0.2, 0.25) is 0 Å². The standard InChI is InChI=1S/C18H18BrNO3/c1-11-4-5-12(2)16(10-11)18(22)23-13(3)17(21)20-15-8-6-14(19)7-9-15/h4-10,13H,1-3H3,(H,20,21)/t13-/m1/s1. The highest BCUT2D eigenvalue weighted by Crippen LogP contribution is 2.16. The zero-order valence-corrected chi connectivity index (χ0v) is 14.8. The highest BCUT2D eigenvalue weighted by molar-refractivity contribution is 9.10. The monoisotopic (exact) mass is 375 g/mol. The molecule has 4 nitrogen and oxygen atoms in total. The second-order valence-corrected chi connectivity index (χ2v) is 6.28. The van der Waals surface area contributed by atoms with E-state index in [1.165, 1.54) is 0 Å². The number of anilines is 1. The van der Waals surface area contributed by atoms with Gasteiger partial charge in [0.2, 0.25) is 0 Å². The van der Waals surface area contributed by atoms with E-state index < -0.39 is 12.1 Å². The molecule has 0 spiro atoms. The Bertz CT molecular complexity index is 726. The Balaban J connectivity index is 2.01. The van der Waals surface area contributed by atoms with E-state index in [1.54, 1.807) is 25.1 Å². The van der Waals surface area contributed by atoms with Gasteiger partial charge in [-0.15, -0.1) is 0 Å². The number of hydrogen-bond acceptors (Lipinski definition) is 3. The van der Waals surface area contributed by atoms with Crippen LogP contribution in [-0.2, 0) is 9.53 Å². The molecule has 120 valence electrons. The molecule has 0 heterocycles. The number of hydrogen-bond donors (Lipinski definition) is 1. The molecular formula is C18H18BrNO3. The second-order valence-electron chi connectivity index (χ2n) is 5.36. The molecule has 0 saturated carbocycles. The van der Waals surface area contributed by atoms with Gasteiger partial charge in [-0.25, -0.2) is 4.79 Å². The van der Waals surface area contributed by atoms with Crippen LogP contribution in [0, 0.1) is 13.8 Å². The molecule has 0 fully saturated rings. The minimum atomic E-state index is -0.883. The Labute approximate surface area is 144 Å². The van der Waals surface area contributed by atoms with E-state index in [2.05, 4.69) is 21.2 Å². The van der Waals surface area contributed by atoms with Crippen molar-refractivity contribution >= 4 is 33.5 Å². The Hall–Kier alpha value is -2.14. The van der Waals surface area contributed by atoms with Crippen molar-refractivity contribution in [1.29, 1.82) is 0 Å². The topological polar surface area (TPSA) is 55.4 Å². The lowest BCUT2D eigenvalue weighted by Crippen LogP contribution is -2.30. The summed E-state index contributed by atoms with van der Waals surface area (Å²) in [7, 11) is 0. The van der Waals surface area contributed by atoms with Crippen LogP contribution in [0.3, 0.4) is 0 Å². The van der Waals surface area contributed by atoms with Gasteiger partial charge in [-0.3, -0.25) is 4.79 Å². The molecule has 2 rings (SSSR count). The molecule has 0 bridgehead atoms. The lowest BCUT2D eigenvalue weighted by molar-refractivity contribution is -0.123. The highest BCUT2D eigenvalue weighted by atomic mass is 79.9. The predicted octanol–water partition coefficient (Wildman–Crippen LogP) is 4.25. The number of nitrogens with one attached hydrogen (secondary N) is 1. The van der Waals surface area contributed by atoms with Crippen molar-refractivity contribution < 1.29 is 14.3 Å². The first-order valence-electron chi connectivity index (χ1n) is 7.21. The summed E-state index contributed by atoms with van der Waals surface area (Å²) in [4.78, 5) is 24.3. The highest BCUT2D eigenvalue weighted by Gasteiger charge is 2.20. The van der Waals surface area contributed by atoms with Crippen LogP contribution in [-0.4, -0.2) is 18.0 Å². The maximum atomic E-state index is 12.2. The van der Waals surface area contributed by atoms with Crippen molar-refractivity contribution in [3.8, 4) is 0 Å². The summed E-state index contributed by atoms with van der Waals surface area (Å²) in [6.07, 6.45) is -0.883. The van der Waals surface area contributed by atoms with Crippen LogP contribution in [0.15, 0.2) is 46.9 Å². The van der Waals surface area contributed by atoms with Gasteiger partial charge in [0.05, 0.1) is 5.56 Å². The third kappa shape index (κ3) is 4.66. The Morgan fingerprint density at radius 1 is 1.09 bits per heavy atom. The number of rotatable bonds is 4. The van der Waals surface area contributed by atoms with E-state index in [4.69, 9.17) is 4.74 Å². The molecular weight excluding hydrogens is 358 g/mol. The van der Waals surface area contributed by atoms with E-state index in [-0.39, 0.29) is 5.91 Å². The Morgan fingerprint density at radius 2 is 1.74 bits per heavy atom. The fraction of sp³-hybridized carbons (Fsp3) is 0.222. The number of benzene rings is 2. The largest absolute Gasteiger partial charge is 0.449 e. The quantitative estimate of drug-likeness (QED) is 0.812. The smallest absolute Gasteiger partial charge is 0.339 e. The number of aryl methyl sites for hydroxylation is 2. The molecule has 1 atom stereocenters. The Kier molecular flexibility index (Phi) is 5.55. The van der Waals surface area contributed by atoms with Crippen LogP contribution < -0.4 is 5.32 Å². The van der Waals surface area contributed by atoms with Crippen molar-refractivity contribution in [2.75, 3.05) is 5.32 Å². The minimum Gasteiger partial charge on any atom is -0.449 e. The molecule has 2 aromatic rings. The third-order valence-electron chi connectivity index (χ3n) is 3.38. The average molecular weight is 376 g/mol. The van der Waals surface area contributed by atoms with Gasteiger partial charge in [-0.05, 0) is 56.7 Å². The SMILES string of the molecule is Cc1ccc(C)c(C(=O)O[C@H](C)C(=O)Nc2ccc(Br)cc2)c1. The molecule has 2 aromatic carbocycles. The van der Waals surface area contributed by atoms with Gasteiger partial charge in [-0.2, -0.15) is 0 Å². The molecule has 1 amide bonds. The van der Waals surface area contributed by atoms with Gasteiger partial charge in [-0.1, -0.05) is 33.6 Å². The van der Waals surface area contributed by atoms with Crippen molar-refractivity contribution in [2.45, 2.75) is 26.9 Å². The number of halogens is 1. The summed E-state index contributed by atoms with van der Waals surface area (Å²) < 4.78 is 6.19. The zero-order chi connectivity index (χ0) is 17.0. The summed E-state index contributed by atoms with van der Waals surface area (Å²) >= 11 is 3.33. The minimum absolute atomic E-state index is 0.369. The van der Waals surface area contributed by atoms with E-state index >= 15 is 0 Å². The molecule has 0 saturated heterocycles. The van der Waals surface area contributed by atoms with Gasteiger partial charge < -0.3 is 10.1 Å². The molecule has 23 heavy (non-hydrogen) atoms. The van der Waals surface area contributed by atoms with Crippen molar-refractivity contribution in [1.82, 2.24) is 0 Å². The molecule has 0 aliphatic heterocycles. The molecule has 0 aromatic heterocycles. The first-order valence-corrected chi connectivity index (χ1v) is 8.01. The van der Waals surface area contributed by atoms with Gasteiger partial charge in [0.15, 0.2) is 6.10 Å². The number of carbonyl (C=O) groups excluding carboxylic acids is 2. The molecule has 5 heteroatoms. The van der Waals surface area contributed by atoms with Gasteiger partial charge in [0.1, 0.15) is 0 Å². The summed E-state index contributed by atoms with van der Waals surface area (Å²) in [5.74, 6) is -0.865. The summed E-state index contributed by atoms with van der Waals surface area (Å²) in [5.41, 5.74) is 2.91.